The first kappa shape index (κ1) is 27.8. The Morgan fingerprint density at radius 3 is 1.85 bits per heavy atom. The second kappa shape index (κ2) is 9.94. The van der Waals surface area contributed by atoms with Gasteiger partial charge in [-0.05, 0) is 79.1 Å². The molecule has 0 aliphatic carbocycles. The van der Waals surface area contributed by atoms with Crippen LogP contribution in [0.3, 0.4) is 0 Å². The lowest BCUT2D eigenvalue weighted by atomic mass is 9.58. The first-order valence-electron chi connectivity index (χ1n) is 18.4. The molecule has 12 aromatic rings. The Balaban J connectivity index is 1.23. The second-order valence-electron chi connectivity index (χ2n) is 14.7. The van der Waals surface area contributed by atoms with Gasteiger partial charge in [-0.3, -0.25) is 0 Å². The van der Waals surface area contributed by atoms with Crippen molar-refractivity contribution in [3.8, 4) is 33.4 Å². The highest BCUT2D eigenvalue weighted by molar-refractivity contribution is 6.76. The van der Waals surface area contributed by atoms with Crippen molar-refractivity contribution in [1.82, 2.24) is 9.38 Å². The third-order valence-electron chi connectivity index (χ3n) is 12.0. The topological polar surface area (TPSA) is 20.2 Å². The van der Waals surface area contributed by atoms with Crippen LogP contribution in [0, 0.1) is 0 Å². The smallest absolute Gasteiger partial charge is 0.197 e. The summed E-state index contributed by atoms with van der Waals surface area (Å²) >= 11 is 0. The Bertz CT molecular complexity index is 3520. The normalized spacial score (nSPS) is 12.7. The summed E-state index contributed by atoms with van der Waals surface area (Å²) in [7, 11) is 2.49. The van der Waals surface area contributed by atoms with Gasteiger partial charge in [-0.2, -0.15) is 0 Å². The van der Waals surface area contributed by atoms with Crippen molar-refractivity contribution < 1.29 is 0 Å². The van der Waals surface area contributed by atoms with Gasteiger partial charge in [-0.25, -0.2) is 0 Å². The summed E-state index contributed by atoms with van der Waals surface area (Å²) in [6.07, 6.45) is 0. The van der Waals surface area contributed by atoms with Gasteiger partial charge >= 0.3 is 0 Å². The van der Waals surface area contributed by atoms with Crippen LogP contribution in [0.25, 0.3) is 115 Å². The predicted octanol–water partition coefficient (Wildman–Crippen LogP) is 11.7. The molecule has 0 saturated heterocycles. The summed E-state index contributed by atoms with van der Waals surface area (Å²) in [4.78, 5) is 3.92. The number of fused-ring (bicyclic) bond motifs is 9. The molecule has 4 heterocycles. The maximum Gasteiger partial charge on any atom is 0.197 e. The van der Waals surface area contributed by atoms with Crippen molar-refractivity contribution in [1.29, 1.82) is 0 Å². The molecule has 53 heavy (non-hydrogen) atoms. The number of hydrogen-bond donors (Lipinski definition) is 1. The van der Waals surface area contributed by atoms with Crippen LogP contribution in [0.2, 0.25) is 0 Å². The molecule has 1 aliphatic heterocycles. The number of benzene rings is 9. The zero-order valence-corrected chi connectivity index (χ0v) is 28.6. The molecule has 0 saturated carbocycles. The lowest BCUT2D eigenvalue weighted by Crippen LogP contribution is -2.34. The van der Waals surface area contributed by atoms with Gasteiger partial charge < -0.3 is 9.38 Å². The van der Waals surface area contributed by atoms with Crippen LogP contribution in [0.1, 0.15) is 0 Å². The van der Waals surface area contributed by atoms with E-state index in [1.807, 2.05) is 0 Å². The van der Waals surface area contributed by atoms with Gasteiger partial charge in [0, 0.05) is 54.4 Å². The molecular weight excluding hydrogens is 639 g/mol. The largest absolute Gasteiger partial charge is 0.354 e. The molecule has 0 atom stereocenters. The first-order chi connectivity index (χ1) is 26.3. The molecule has 0 unspecified atom stereocenters. The van der Waals surface area contributed by atoms with Crippen LogP contribution in [-0.2, 0) is 0 Å². The average Bonchev–Trinajstić information content (AvgIpc) is 3.89. The van der Waals surface area contributed by atoms with Crippen molar-refractivity contribution in [2.24, 2.45) is 0 Å². The van der Waals surface area contributed by atoms with Crippen molar-refractivity contribution in [2.45, 2.75) is 0 Å². The predicted molar refractivity (Wildman–Crippen MR) is 227 cm³/mol. The summed E-state index contributed by atoms with van der Waals surface area (Å²) in [5.74, 6) is 0. The lowest BCUT2D eigenvalue weighted by molar-refractivity contribution is 1.38. The lowest BCUT2D eigenvalue weighted by Gasteiger charge is -2.21. The van der Waals surface area contributed by atoms with E-state index in [0.29, 0.717) is 0 Å². The minimum absolute atomic E-state index is 1.17. The zero-order chi connectivity index (χ0) is 34.4. The molecule has 3 aromatic heterocycles. The Hall–Kier alpha value is -6.84. The zero-order valence-electron chi connectivity index (χ0n) is 28.6. The number of rotatable bonds is 3. The van der Waals surface area contributed by atoms with E-state index in [9.17, 15) is 0 Å². The van der Waals surface area contributed by atoms with Crippen molar-refractivity contribution in [2.75, 3.05) is 0 Å². The summed E-state index contributed by atoms with van der Waals surface area (Å²) in [6, 6.07) is 60.6. The number of nitrogens with zero attached hydrogens (tertiary/aromatic N) is 1. The fourth-order valence-corrected chi connectivity index (χ4v) is 9.86. The van der Waals surface area contributed by atoms with Gasteiger partial charge in [-0.15, -0.1) is 0 Å². The van der Waals surface area contributed by atoms with Crippen LogP contribution in [0.15, 0.2) is 164 Å². The van der Waals surface area contributed by atoms with Crippen LogP contribution in [0.5, 0.6) is 0 Å². The van der Waals surface area contributed by atoms with E-state index >= 15 is 0 Å². The molecule has 241 valence electrons. The number of nitrogens with one attached hydrogen (secondary N) is 1. The molecule has 0 bridgehead atoms. The highest BCUT2D eigenvalue weighted by Crippen LogP contribution is 2.47. The molecule has 13 rings (SSSR count). The van der Waals surface area contributed by atoms with E-state index in [2.05, 4.69) is 180 Å². The third-order valence-corrected chi connectivity index (χ3v) is 12.0. The number of para-hydroxylation sites is 1. The molecule has 1 radical (unpaired) electrons. The maximum atomic E-state index is 3.92. The quantitative estimate of drug-likeness (QED) is 0.181. The Labute approximate surface area is 305 Å². The molecule has 3 heteroatoms. The van der Waals surface area contributed by atoms with E-state index in [1.165, 1.54) is 126 Å². The Kier molecular flexibility index (Phi) is 5.22. The van der Waals surface area contributed by atoms with E-state index in [-0.39, 0.29) is 0 Å². The molecule has 1 N–H and O–H groups in total. The summed E-state index contributed by atoms with van der Waals surface area (Å²) in [5, 5.41) is 12.9. The van der Waals surface area contributed by atoms with E-state index in [1.54, 1.807) is 0 Å². The number of hydrogen-bond acceptors (Lipinski definition) is 0. The monoisotopic (exact) mass is 667 g/mol. The van der Waals surface area contributed by atoms with Crippen LogP contribution >= 0.6 is 0 Å². The second-order valence-corrected chi connectivity index (χ2v) is 14.7. The van der Waals surface area contributed by atoms with Crippen molar-refractivity contribution in [3.05, 3.63) is 164 Å². The van der Waals surface area contributed by atoms with Gasteiger partial charge in [0.1, 0.15) is 0 Å². The van der Waals surface area contributed by atoms with Crippen LogP contribution < -0.4 is 10.9 Å². The summed E-state index contributed by atoms with van der Waals surface area (Å²) in [5.41, 5.74) is 16.3. The highest BCUT2D eigenvalue weighted by atomic mass is 14.9. The molecule has 0 spiro atoms. The molecule has 0 amide bonds. The fourth-order valence-electron chi connectivity index (χ4n) is 9.86. The van der Waals surface area contributed by atoms with Gasteiger partial charge in [0.05, 0.1) is 11.0 Å². The third kappa shape index (κ3) is 3.54. The van der Waals surface area contributed by atoms with Crippen molar-refractivity contribution >= 4 is 99.7 Å². The first-order valence-corrected chi connectivity index (χ1v) is 18.4. The average molecular weight is 668 g/mol. The molecule has 2 nitrogen and oxygen atoms in total. The number of aromatic amines is 1. The van der Waals surface area contributed by atoms with E-state index in [4.69, 9.17) is 0 Å². The molecule has 1 aliphatic rings. The minimum Gasteiger partial charge on any atom is -0.354 e. The van der Waals surface area contributed by atoms with Crippen molar-refractivity contribution in [3.63, 3.8) is 0 Å². The SMILES string of the molecule is [B]1c2cc(-c3ccccc3)cc3c4cc(-c5ccccc5)cc5c6c7ccccc7c(-c7cccc8c7[nH]c7ccc9ccccc9c78)c1c6n(c23)c45. The standard InChI is InChI=1S/C50H28BN2/c1-3-12-28(13-4-1)31-24-38-39-25-32(29-14-5-2-6-15-29)27-41-49(39)53-48(38)40(26-31)45-35-19-10-9-18-34(35)44(46(51-41)50(45)53)37-21-11-20-36-43-33-17-8-7-16-30(33)22-23-42(43)52-47(36)37/h1-27,52H. The fraction of sp³-hybridized carbons (Fsp3) is 0. The molecule has 0 fully saturated rings. The summed E-state index contributed by atoms with van der Waals surface area (Å²) in [6.45, 7) is 0. The number of aromatic nitrogens is 2. The highest BCUT2D eigenvalue weighted by Gasteiger charge is 2.31. The Morgan fingerprint density at radius 2 is 1.06 bits per heavy atom. The maximum absolute atomic E-state index is 3.92. The van der Waals surface area contributed by atoms with Gasteiger partial charge in [0.2, 0.25) is 0 Å². The van der Waals surface area contributed by atoms with Gasteiger partial charge in [0.15, 0.2) is 7.28 Å². The van der Waals surface area contributed by atoms with Gasteiger partial charge in [-0.1, -0.05) is 145 Å². The summed E-state index contributed by atoms with van der Waals surface area (Å²) < 4.78 is 2.61. The van der Waals surface area contributed by atoms with Gasteiger partial charge in [0.25, 0.3) is 0 Å². The Morgan fingerprint density at radius 1 is 0.415 bits per heavy atom. The van der Waals surface area contributed by atoms with E-state index in [0.717, 1.165) is 0 Å². The molecule has 9 aromatic carbocycles. The molecular formula is C50H28BN2. The number of H-pyrrole nitrogens is 1. The minimum atomic E-state index is 1.17. The van der Waals surface area contributed by atoms with E-state index < -0.39 is 0 Å². The van der Waals surface area contributed by atoms with Crippen LogP contribution in [0.4, 0.5) is 0 Å². The van der Waals surface area contributed by atoms with Crippen LogP contribution in [-0.4, -0.2) is 16.7 Å².